The number of carbonyl (C=O) groups is 1. The van der Waals surface area contributed by atoms with Crippen molar-refractivity contribution in [1.29, 1.82) is 0 Å². The smallest absolute Gasteiger partial charge is 0.416 e. The fraction of sp³-hybridized carbons (Fsp3) is 0.522. The van der Waals surface area contributed by atoms with Crippen molar-refractivity contribution in [2.45, 2.75) is 77.5 Å². The number of hydrogen-bond donors (Lipinski definition) is 0. The highest BCUT2D eigenvalue weighted by Gasteiger charge is 2.38. The highest BCUT2D eigenvalue weighted by Crippen LogP contribution is 2.34. The number of halogens is 4. The van der Waals surface area contributed by atoms with Gasteiger partial charge in [0.05, 0.1) is 11.7 Å². The number of carbonyl (C=O) groups excluding carboxylic acids is 1. The molecule has 1 aromatic carbocycles. The lowest BCUT2D eigenvalue weighted by Crippen LogP contribution is -2.55. The number of likely N-dealkylation sites (tertiary alicyclic amines) is 1. The van der Waals surface area contributed by atoms with Crippen molar-refractivity contribution < 1.29 is 22.7 Å². The van der Waals surface area contributed by atoms with E-state index >= 15 is 0 Å². The molecular weight excluding hydrogens is 468 g/mol. The number of benzene rings is 1. The minimum absolute atomic E-state index is 0.00372. The van der Waals surface area contributed by atoms with Gasteiger partial charge in [-0.05, 0) is 64.3 Å². The second kappa shape index (κ2) is 10.4. The van der Waals surface area contributed by atoms with Gasteiger partial charge in [-0.2, -0.15) is 13.2 Å². The standard InChI is InChI=1S/C23H27BClF3N4O2/c1-13(2)34-22(33)32-14(3)5-20(6-15(32)4)31(21-29-10-18(24)11-30-21)12-16-7-17(23(26,27)28)9-19(25)8-16/h7-11,13-15,20H,5-6,12H2,1-4H3/t14-,15-/m1/s1. The number of rotatable bonds is 5. The average molecular weight is 495 g/mol. The molecule has 1 aromatic heterocycles. The van der Waals surface area contributed by atoms with Crippen LogP contribution in [0.2, 0.25) is 5.02 Å². The molecule has 0 N–H and O–H groups in total. The molecule has 0 unspecified atom stereocenters. The van der Waals surface area contributed by atoms with Crippen molar-refractivity contribution in [2.75, 3.05) is 4.90 Å². The molecule has 0 spiro atoms. The summed E-state index contributed by atoms with van der Waals surface area (Å²) in [5, 5.41) is -0.00372. The zero-order valence-electron chi connectivity index (χ0n) is 19.5. The molecule has 34 heavy (non-hydrogen) atoms. The molecule has 3 rings (SSSR count). The highest BCUT2D eigenvalue weighted by molar-refractivity contribution is 6.31. The number of amides is 1. The third kappa shape index (κ3) is 6.34. The summed E-state index contributed by atoms with van der Waals surface area (Å²) in [6.45, 7) is 7.54. The maximum Gasteiger partial charge on any atom is 0.416 e. The summed E-state index contributed by atoms with van der Waals surface area (Å²) in [6.07, 6.45) is -1.13. The van der Waals surface area contributed by atoms with E-state index in [1.165, 1.54) is 18.5 Å². The Kier molecular flexibility index (Phi) is 8.00. The maximum absolute atomic E-state index is 13.4. The van der Waals surface area contributed by atoms with Crippen molar-refractivity contribution >= 4 is 37.0 Å². The number of alkyl halides is 3. The first-order valence-corrected chi connectivity index (χ1v) is 11.4. The van der Waals surface area contributed by atoms with Crippen LogP contribution in [0.15, 0.2) is 30.6 Å². The van der Waals surface area contributed by atoms with Gasteiger partial charge < -0.3 is 14.5 Å². The summed E-state index contributed by atoms with van der Waals surface area (Å²) in [5.74, 6) is 0.338. The fourth-order valence-corrected chi connectivity index (χ4v) is 4.62. The summed E-state index contributed by atoms with van der Waals surface area (Å²) in [4.78, 5) is 24.8. The molecule has 2 aromatic rings. The Morgan fingerprint density at radius 2 is 1.79 bits per heavy atom. The van der Waals surface area contributed by atoms with E-state index in [1.807, 2.05) is 18.7 Å². The van der Waals surface area contributed by atoms with Gasteiger partial charge in [0.2, 0.25) is 5.95 Å². The van der Waals surface area contributed by atoms with Crippen LogP contribution < -0.4 is 10.4 Å². The van der Waals surface area contributed by atoms with E-state index in [0.717, 1.165) is 12.1 Å². The van der Waals surface area contributed by atoms with Crippen LogP contribution in [0.4, 0.5) is 23.9 Å². The van der Waals surface area contributed by atoms with Gasteiger partial charge in [-0.25, -0.2) is 14.8 Å². The van der Waals surface area contributed by atoms with Crippen molar-refractivity contribution in [3.8, 4) is 0 Å². The van der Waals surface area contributed by atoms with Crippen LogP contribution in [0.25, 0.3) is 0 Å². The van der Waals surface area contributed by atoms with Gasteiger partial charge in [0.15, 0.2) is 0 Å². The molecule has 1 aliphatic heterocycles. The van der Waals surface area contributed by atoms with Gasteiger partial charge in [-0.3, -0.25) is 0 Å². The van der Waals surface area contributed by atoms with E-state index in [-0.39, 0.29) is 41.9 Å². The van der Waals surface area contributed by atoms with Gasteiger partial charge in [-0.1, -0.05) is 17.1 Å². The van der Waals surface area contributed by atoms with Crippen molar-refractivity contribution in [2.24, 2.45) is 0 Å². The Morgan fingerprint density at radius 1 is 1.21 bits per heavy atom. The molecule has 182 valence electrons. The number of aromatic nitrogens is 2. The molecule has 2 atom stereocenters. The van der Waals surface area contributed by atoms with E-state index in [1.54, 1.807) is 18.7 Å². The van der Waals surface area contributed by atoms with Crippen molar-refractivity contribution in [3.63, 3.8) is 0 Å². The van der Waals surface area contributed by atoms with E-state index in [9.17, 15) is 18.0 Å². The molecule has 1 amide bonds. The van der Waals surface area contributed by atoms with E-state index < -0.39 is 11.7 Å². The lowest BCUT2D eigenvalue weighted by atomic mass is 9.91. The molecular formula is C23H27BClF3N4O2. The maximum atomic E-state index is 13.4. The van der Waals surface area contributed by atoms with Crippen molar-refractivity contribution in [3.05, 3.63) is 46.7 Å². The molecule has 0 saturated carbocycles. The van der Waals surface area contributed by atoms with Crippen molar-refractivity contribution in [1.82, 2.24) is 14.9 Å². The summed E-state index contributed by atoms with van der Waals surface area (Å²) < 4.78 is 45.5. The monoisotopic (exact) mass is 494 g/mol. The van der Waals surface area contributed by atoms with Crippen LogP contribution in [-0.2, 0) is 17.5 Å². The number of ether oxygens (including phenoxy) is 1. The molecule has 0 aliphatic carbocycles. The Bertz CT molecular complexity index is 995. The van der Waals surface area contributed by atoms with Crippen LogP contribution in [0.1, 0.15) is 51.7 Å². The zero-order valence-corrected chi connectivity index (χ0v) is 20.3. The van der Waals surface area contributed by atoms with Crippen LogP contribution in [-0.4, -0.2) is 53.0 Å². The second-order valence-corrected chi connectivity index (χ2v) is 9.39. The Labute approximate surface area is 203 Å². The Hall–Kier alpha value is -2.49. The van der Waals surface area contributed by atoms with E-state index in [0.29, 0.717) is 29.8 Å². The van der Waals surface area contributed by atoms with E-state index in [2.05, 4.69) is 9.97 Å². The summed E-state index contributed by atoms with van der Waals surface area (Å²) in [5.41, 5.74) is -0.0674. The Morgan fingerprint density at radius 3 is 2.32 bits per heavy atom. The summed E-state index contributed by atoms with van der Waals surface area (Å²) >= 11 is 6.01. The highest BCUT2D eigenvalue weighted by atomic mass is 35.5. The van der Waals surface area contributed by atoms with Gasteiger partial charge in [0.25, 0.3) is 0 Å². The minimum Gasteiger partial charge on any atom is -0.447 e. The predicted octanol–water partition coefficient (Wildman–Crippen LogP) is 4.74. The Balaban J connectivity index is 1.92. The van der Waals surface area contributed by atoms with Crippen LogP contribution in [0, 0.1) is 0 Å². The van der Waals surface area contributed by atoms with Gasteiger partial charge in [-0.15, -0.1) is 0 Å². The summed E-state index contributed by atoms with van der Waals surface area (Å²) in [7, 11) is 5.74. The number of piperidine rings is 1. The van der Waals surface area contributed by atoms with E-state index in [4.69, 9.17) is 24.2 Å². The predicted molar refractivity (Wildman–Crippen MR) is 125 cm³/mol. The van der Waals surface area contributed by atoms with Gasteiger partial charge >= 0.3 is 12.3 Å². The molecule has 2 heterocycles. The third-order valence-electron chi connectivity index (χ3n) is 5.72. The lowest BCUT2D eigenvalue weighted by molar-refractivity contribution is -0.137. The molecule has 0 bridgehead atoms. The molecule has 1 fully saturated rings. The van der Waals surface area contributed by atoms with Crippen LogP contribution in [0.3, 0.4) is 0 Å². The first-order chi connectivity index (χ1) is 15.8. The third-order valence-corrected chi connectivity index (χ3v) is 5.94. The molecule has 1 saturated heterocycles. The van der Waals surface area contributed by atoms with Gasteiger partial charge in [0, 0.05) is 42.1 Å². The first-order valence-electron chi connectivity index (χ1n) is 11.0. The second-order valence-electron chi connectivity index (χ2n) is 8.95. The van der Waals surface area contributed by atoms with Gasteiger partial charge in [0.1, 0.15) is 7.85 Å². The SMILES string of the molecule is [B]c1cnc(N(Cc2cc(Cl)cc(C(F)(F)F)c2)C2C[C@@H](C)N(C(=O)OC(C)C)[C@H](C)C2)nc1. The zero-order chi connectivity index (χ0) is 25.2. The first kappa shape index (κ1) is 26.1. The fourth-order valence-electron chi connectivity index (χ4n) is 4.37. The lowest BCUT2D eigenvalue weighted by Gasteiger charge is -2.45. The normalized spacial score (nSPS) is 21.0. The minimum atomic E-state index is -4.52. The average Bonchev–Trinajstić information content (AvgIpc) is 2.70. The molecule has 11 heteroatoms. The largest absolute Gasteiger partial charge is 0.447 e. The number of hydrogen-bond acceptors (Lipinski definition) is 5. The van der Waals surface area contributed by atoms with Crippen LogP contribution in [0.5, 0.6) is 0 Å². The topological polar surface area (TPSA) is 58.6 Å². The number of anilines is 1. The summed E-state index contributed by atoms with van der Waals surface area (Å²) in [6, 6.07) is 3.01. The molecule has 6 nitrogen and oxygen atoms in total. The molecule has 1 aliphatic rings. The quantitative estimate of drug-likeness (QED) is 0.562. The van der Waals surface area contributed by atoms with Crippen LogP contribution >= 0.6 is 11.6 Å². The molecule has 2 radical (unpaired) electrons. The number of nitrogens with zero attached hydrogens (tertiary/aromatic N) is 4.